The Bertz CT molecular complexity index is 471. The average molecular weight is 294 g/mol. The van der Waals surface area contributed by atoms with Crippen LogP contribution in [0.4, 0.5) is 0 Å². The first-order valence-electron chi connectivity index (χ1n) is 7.80. The van der Waals surface area contributed by atoms with Crippen molar-refractivity contribution in [2.75, 3.05) is 6.54 Å². The lowest BCUT2D eigenvalue weighted by molar-refractivity contribution is 0.0277. The summed E-state index contributed by atoms with van der Waals surface area (Å²) >= 11 is 1.77. The van der Waals surface area contributed by atoms with Gasteiger partial charge in [-0.05, 0) is 19.3 Å². The number of aliphatic hydroxyl groups is 1. The lowest BCUT2D eigenvalue weighted by Crippen LogP contribution is -2.47. The van der Waals surface area contributed by atoms with Crippen LogP contribution < -0.4 is 0 Å². The molecular weight excluding hydrogens is 268 g/mol. The van der Waals surface area contributed by atoms with E-state index in [1.165, 1.54) is 23.5 Å². The number of likely N-dealkylation sites (tertiary alicyclic amines) is 1. The molecule has 112 valence electrons. The van der Waals surface area contributed by atoms with Crippen molar-refractivity contribution in [2.24, 2.45) is 0 Å². The summed E-state index contributed by atoms with van der Waals surface area (Å²) in [4.78, 5) is 7.33. The fourth-order valence-corrected chi connectivity index (χ4v) is 4.78. The molecule has 0 bridgehead atoms. The maximum atomic E-state index is 10.4. The molecule has 1 saturated heterocycles. The van der Waals surface area contributed by atoms with Crippen LogP contribution in [0.25, 0.3) is 0 Å². The highest BCUT2D eigenvalue weighted by molar-refractivity contribution is 7.09. The fourth-order valence-electron chi connectivity index (χ4n) is 3.74. The van der Waals surface area contributed by atoms with Crippen molar-refractivity contribution in [1.29, 1.82) is 0 Å². The van der Waals surface area contributed by atoms with Gasteiger partial charge in [-0.25, -0.2) is 4.98 Å². The van der Waals surface area contributed by atoms with Gasteiger partial charge in [0.25, 0.3) is 0 Å². The van der Waals surface area contributed by atoms with E-state index in [0.717, 1.165) is 32.4 Å². The second-order valence-corrected chi connectivity index (χ2v) is 8.36. The number of hydrogen-bond donors (Lipinski definition) is 1. The van der Waals surface area contributed by atoms with E-state index in [4.69, 9.17) is 4.98 Å². The fraction of sp³-hybridized carbons (Fsp3) is 0.812. The largest absolute Gasteiger partial charge is 0.391 e. The summed E-state index contributed by atoms with van der Waals surface area (Å²) in [6.07, 6.45) is 5.64. The molecule has 1 spiro atoms. The third-order valence-corrected chi connectivity index (χ3v) is 5.87. The summed E-state index contributed by atoms with van der Waals surface area (Å²) in [6.45, 7) is 8.57. The number of thiazole rings is 1. The van der Waals surface area contributed by atoms with E-state index in [9.17, 15) is 5.11 Å². The predicted molar refractivity (Wildman–Crippen MR) is 83.0 cm³/mol. The molecule has 1 N–H and O–H groups in total. The Morgan fingerprint density at radius 2 is 2.10 bits per heavy atom. The van der Waals surface area contributed by atoms with Crippen LogP contribution in [0.1, 0.15) is 63.6 Å². The van der Waals surface area contributed by atoms with E-state index in [1.807, 2.05) is 0 Å². The van der Waals surface area contributed by atoms with Gasteiger partial charge >= 0.3 is 0 Å². The molecule has 0 aromatic carbocycles. The minimum absolute atomic E-state index is 0.0631. The topological polar surface area (TPSA) is 36.4 Å². The molecule has 1 atom stereocenters. The average Bonchev–Trinajstić information content (AvgIpc) is 3.07. The summed E-state index contributed by atoms with van der Waals surface area (Å²) in [5.41, 5.74) is 1.38. The maximum Gasteiger partial charge on any atom is 0.107 e. The van der Waals surface area contributed by atoms with Crippen LogP contribution in [0.3, 0.4) is 0 Å². The Kier molecular flexibility index (Phi) is 3.68. The standard InChI is InChI=1S/C16H26N2OS/c1-15(2,3)12-11-20-14(17-12)10-18-9-6-13(19)16(18)7-4-5-8-16/h11,13,19H,4-10H2,1-3H3. The zero-order chi connectivity index (χ0) is 14.4. The van der Waals surface area contributed by atoms with Crippen molar-refractivity contribution in [1.82, 2.24) is 9.88 Å². The predicted octanol–water partition coefficient (Wildman–Crippen LogP) is 3.32. The van der Waals surface area contributed by atoms with Gasteiger partial charge < -0.3 is 5.11 Å². The van der Waals surface area contributed by atoms with Gasteiger partial charge in [0.1, 0.15) is 5.01 Å². The van der Waals surface area contributed by atoms with Gasteiger partial charge in [-0.2, -0.15) is 0 Å². The van der Waals surface area contributed by atoms with E-state index in [2.05, 4.69) is 31.1 Å². The molecule has 1 saturated carbocycles. The highest BCUT2D eigenvalue weighted by atomic mass is 32.1. The summed E-state index contributed by atoms with van der Waals surface area (Å²) in [5.74, 6) is 0. The smallest absolute Gasteiger partial charge is 0.107 e. The summed E-state index contributed by atoms with van der Waals surface area (Å²) < 4.78 is 0. The van der Waals surface area contributed by atoms with E-state index >= 15 is 0 Å². The molecule has 3 nitrogen and oxygen atoms in total. The quantitative estimate of drug-likeness (QED) is 0.909. The van der Waals surface area contributed by atoms with Gasteiger partial charge in [0.05, 0.1) is 18.3 Å². The van der Waals surface area contributed by atoms with Crippen LogP contribution in [0, 0.1) is 0 Å². The lowest BCUT2D eigenvalue weighted by atomic mass is 9.91. The number of nitrogens with zero attached hydrogens (tertiary/aromatic N) is 2. The molecule has 1 aliphatic heterocycles. The zero-order valence-electron chi connectivity index (χ0n) is 12.9. The van der Waals surface area contributed by atoms with E-state index in [0.29, 0.717) is 0 Å². The first-order chi connectivity index (χ1) is 9.42. The Morgan fingerprint density at radius 3 is 2.70 bits per heavy atom. The molecule has 1 aromatic rings. The second kappa shape index (κ2) is 5.08. The number of aliphatic hydroxyl groups excluding tert-OH is 1. The molecule has 0 radical (unpaired) electrons. The minimum Gasteiger partial charge on any atom is -0.391 e. The van der Waals surface area contributed by atoms with Crippen LogP contribution in [-0.4, -0.2) is 33.2 Å². The monoisotopic (exact) mass is 294 g/mol. The van der Waals surface area contributed by atoms with Crippen LogP contribution in [-0.2, 0) is 12.0 Å². The van der Waals surface area contributed by atoms with E-state index in [1.54, 1.807) is 11.3 Å². The second-order valence-electron chi connectivity index (χ2n) is 7.41. The molecule has 1 unspecified atom stereocenters. The highest BCUT2D eigenvalue weighted by Gasteiger charge is 2.49. The number of hydrogen-bond acceptors (Lipinski definition) is 4. The summed E-state index contributed by atoms with van der Waals surface area (Å²) in [6, 6.07) is 0. The van der Waals surface area contributed by atoms with E-state index in [-0.39, 0.29) is 17.1 Å². The summed E-state index contributed by atoms with van der Waals surface area (Å²) in [7, 11) is 0. The third-order valence-electron chi connectivity index (χ3n) is 5.04. The Hall–Kier alpha value is -0.450. The molecule has 2 heterocycles. The van der Waals surface area contributed by atoms with Crippen molar-refractivity contribution in [3.8, 4) is 0 Å². The molecule has 4 heteroatoms. The molecule has 1 aliphatic carbocycles. The van der Waals surface area contributed by atoms with Crippen molar-refractivity contribution >= 4 is 11.3 Å². The Balaban J connectivity index is 1.76. The van der Waals surface area contributed by atoms with Crippen molar-refractivity contribution in [3.05, 3.63) is 16.1 Å². The first-order valence-corrected chi connectivity index (χ1v) is 8.68. The van der Waals surface area contributed by atoms with Crippen LogP contribution in [0.15, 0.2) is 5.38 Å². The van der Waals surface area contributed by atoms with E-state index < -0.39 is 0 Å². The number of aromatic nitrogens is 1. The zero-order valence-corrected chi connectivity index (χ0v) is 13.7. The molecule has 0 amide bonds. The Labute approximate surface area is 126 Å². The molecular formula is C16H26N2OS. The van der Waals surface area contributed by atoms with Gasteiger partial charge in [-0.1, -0.05) is 33.6 Å². The Morgan fingerprint density at radius 1 is 1.40 bits per heavy atom. The molecule has 20 heavy (non-hydrogen) atoms. The molecule has 2 aliphatic rings. The first kappa shape index (κ1) is 14.5. The number of rotatable bonds is 2. The van der Waals surface area contributed by atoms with Gasteiger partial charge in [-0.15, -0.1) is 11.3 Å². The van der Waals surface area contributed by atoms with Gasteiger partial charge in [0, 0.05) is 22.9 Å². The summed E-state index contributed by atoms with van der Waals surface area (Å²) in [5, 5.41) is 13.8. The van der Waals surface area contributed by atoms with Crippen molar-refractivity contribution in [3.63, 3.8) is 0 Å². The molecule has 1 aromatic heterocycles. The highest BCUT2D eigenvalue weighted by Crippen LogP contribution is 2.44. The van der Waals surface area contributed by atoms with Crippen LogP contribution in [0.2, 0.25) is 0 Å². The minimum atomic E-state index is -0.132. The molecule has 2 fully saturated rings. The van der Waals surface area contributed by atoms with Gasteiger partial charge in [0.15, 0.2) is 0 Å². The van der Waals surface area contributed by atoms with Crippen molar-refractivity contribution in [2.45, 2.75) is 76.5 Å². The molecule has 3 rings (SSSR count). The normalized spacial score (nSPS) is 26.7. The van der Waals surface area contributed by atoms with Gasteiger partial charge in [0.2, 0.25) is 0 Å². The lowest BCUT2D eigenvalue weighted by Gasteiger charge is -2.36. The van der Waals surface area contributed by atoms with Gasteiger partial charge in [-0.3, -0.25) is 4.90 Å². The van der Waals surface area contributed by atoms with Crippen LogP contribution >= 0.6 is 11.3 Å². The third kappa shape index (κ3) is 2.42. The maximum absolute atomic E-state index is 10.4. The van der Waals surface area contributed by atoms with Crippen LogP contribution in [0.5, 0.6) is 0 Å². The van der Waals surface area contributed by atoms with Crippen molar-refractivity contribution < 1.29 is 5.11 Å². The SMILES string of the molecule is CC(C)(C)c1csc(CN2CCC(O)C23CCCC3)n1.